The van der Waals surface area contributed by atoms with Gasteiger partial charge in [-0.2, -0.15) is 5.26 Å². The van der Waals surface area contributed by atoms with Crippen molar-refractivity contribution in [2.75, 3.05) is 11.9 Å². The summed E-state index contributed by atoms with van der Waals surface area (Å²) in [5.41, 5.74) is 0.525. The number of nitriles is 1. The molecular formula is C12H13ClN2O. The Labute approximate surface area is 99.7 Å². The first-order chi connectivity index (χ1) is 7.64. The van der Waals surface area contributed by atoms with Gasteiger partial charge in [-0.25, -0.2) is 0 Å². The second-order valence-electron chi connectivity index (χ2n) is 4.21. The number of hydrogen-bond donors (Lipinski definition) is 2. The lowest BCUT2D eigenvalue weighted by atomic mass is 9.80. The molecule has 1 aliphatic carbocycles. The van der Waals surface area contributed by atoms with Crippen LogP contribution in [0.4, 0.5) is 5.69 Å². The molecule has 2 N–H and O–H groups in total. The van der Waals surface area contributed by atoms with E-state index in [2.05, 4.69) is 11.4 Å². The van der Waals surface area contributed by atoms with Crippen LogP contribution in [-0.4, -0.2) is 17.3 Å². The number of aliphatic hydroxyl groups is 1. The second-order valence-corrected chi connectivity index (χ2v) is 4.61. The van der Waals surface area contributed by atoms with Crippen molar-refractivity contribution in [3.05, 3.63) is 28.8 Å². The van der Waals surface area contributed by atoms with Gasteiger partial charge in [0, 0.05) is 6.54 Å². The highest BCUT2D eigenvalue weighted by Crippen LogP contribution is 2.32. The van der Waals surface area contributed by atoms with Crippen molar-refractivity contribution in [2.24, 2.45) is 0 Å². The molecule has 0 heterocycles. The predicted molar refractivity (Wildman–Crippen MR) is 63.5 cm³/mol. The summed E-state index contributed by atoms with van der Waals surface area (Å²) in [4.78, 5) is 0. The predicted octanol–water partition coefficient (Wildman–Crippen LogP) is 2.54. The first kappa shape index (κ1) is 11.3. The van der Waals surface area contributed by atoms with Crippen LogP contribution in [0.2, 0.25) is 5.02 Å². The van der Waals surface area contributed by atoms with Gasteiger partial charge in [-0.05, 0) is 31.4 Å². The zero-order valence-corrected chi connectivity index (χ0v) is 9.59. The molecule has 3 nitrogen and oxygen atoms in total. The SMILES string of the molecule is N#Cc1c(Cl)cccc1NCC1(O)CCC1. The van der Waals surface area contributed by atoms with E-state index in [0.29, 0.717) is 22.8 Å². The third-order valence-electron chi connectivity index (χ3n) is 3.02. The maximum Gasteiger partial charge on any atom is 0.103 e. The quantitative estimate of drug-likeness (QED) is 0.848. The summed E-state index contributed by atoms with van der Waals surface area (Å²) in [6.45, 7) is 0.474. The van der Waals surface area contributed by atoms with Gasteiger partial charge in [0.25, 0.3) is 0 Å². The smallest absolute Gasteiger partial charge is 0.103 e. The fourth-order valence-corrected chi connectivity index (χ4v) is 2.02. The molecule has 0 saturated heterocycles. The molecule has 1 aromatic rings. The molecule has 1 fully saturated rings. The number of hydrogen-bond acceptors (Lipinski definition) is 3. The molecule has 0 radical (unpaired) electrons. The molecule has 84 valence electrons. The molecule has 1 saturated carbocycles. The minimum Gasteiger partial charge on any atom is -0.388 e. The minimum atomic E-state index is -0.602. The molecular weight excluding hydrogens is 224 g/mol. The number of rotatable bonds is 3. The molecule has 1 aliphatic rings. The second kappa shape index (κ2) is 4.32. The molecule has 0 aliphatic heterocycles. The van der Waals surface area contributed by atoms with Gasteiger partial charge in [0.2, 0.25) is 0 Å². The van der Waals surface area contributed by atoms with Gasteiger partial charge in [-0.1, -0.05) is 17.7 Å². The summed E-state index contributed by atoms with van der Waals surface area (Å²) >= 11 is 5.90. The summed E-state index contributed by atoms with van der Waals surface area (Å²) < 4.78 is 0. The molecule has 0 bridgehead atoms. The molecule has 2 rings (SSSR count). The van der Waals surface area contributed by atoms with E-state index in [9.17, 15) is 5.11 Å². The van der Waals surface area contributed by atoms with Gasteiger partial charge >= 0.3 is 0 Å². The van der Waals surface area contributed by atoms with Gasteiger partial charge < -0.3 is 10.4 Å². The van der Waals surface area contributed by atoms with Crippen LogP contribution in [0.25, 0.3) is 0 Å². The van der Waals surface area contributed by atoms with E-state index >= 15 is 0 Å². The van der Waals surface area contributed by atoms with Crippen molar-refractivity contribution >= 4 is 17.3 Å². The van der Waals surface area contributed by atoms with E-state index < -0.39 is 5.60 Å². The number of halogens is 1. The van der Waals surface area contributed by atoms with Gasteiger partial charge in [-0.15, -0.1) is 0 Å². The molecule has 0 unspecified atom stereocenters. The summed E-state index contributed by atoms with van der Waals surface area (Å²) in [6, 6.07) is 7.33. The van der Waals surface area contributed by atoms with Gasteiger partial charge in [0.05, 0.1) is 21.9 Å². The zero-order chi connectivity index (χ0) is 11.6. The number of nitrogens with zero attached hydrogens (tertiary/aromatic N) is 1. The Kier molecular flexibility index (Phi) is 3.04. The van der Waals surface area contributed by atoms with Crippen molar-refractivity contribution in [1.29, 1.82) is 5.26 Å². The Bertz CT molecular complexity index is 435. The van der Waals surface area contributed by atoms with Crippen LogP contribution >= 0.6 is 11.6 Å². The van der Waals surface area contributed by atoms with E-state index in [-0.39, 0.29) is 0 Å². The summed E-state index contributed by atoms with van der Waals surface area (Å²) in [5.74, 6) is 0. The molecule has 0 spiro atoms. The monoisotopic (exact) mass is 236 g/mol. The Hall–Kier alpha value is -1.24. The molecule has 4 heteroatoms. The van der Waals surface area contributed by atoms with Crippen molar-refractivity contribution in [1.82, 2.24) is 0 Å². The van der Waals surface area contributed by atoms with Gasteiger partial charge in [0.15, 0.2) is 0 Å². The Morgan fingerprint density at radius 3 is 2.81 bits per heavy atom. The third kappa shape index (κ3) is 2.13. The van der Waals surface area contributed by atoms with Crippen LogP contribution in [-0.2, 0) is 0 Å². The van der Waals surface area contributed by atoms with Crippen molar-refractivity contribution in [2.45, 2.75) is 24.9 Å². The third-order valence-corrected chi connectivity index (χ3v) is 3.33. The minimum absolute atomic E-state index is 0.437. The number of benzene rings is 1. The molecule has 16 heavy (non-hydrogen) atoms. The summed E-state index contributed by atoms with van der Waals surface area (Å²) in [6.07, 6.45) is 2.71. The van der Waals surface area contributed by atoms with Crippen molar-refractivity contribution in [3.8, 4) is 6.07 Å². The molecule has 0 atom stereocenters. The van der Waals surface area contributed by atoms with Gasteiger partial charge in [-0.3, -0.25) is 0 Å². The Morgan fingerprint density at radius 1 is 1.50 bits per heavy atom. The maximum atomic E-state index is 9.93. The standard InChI is InChI=1S/C12H13ClN2O/c13-10-3-1-4-11(9(10)7-14)15-8-12(16)5-2-6-12/h1,3-4,15-16H,2,5-6,8H2. The van der Waals surface area contributed by atoms with Crippen LogP contribution in [0.1, 0.15) is 24.8 Å². The highest BCUT2D eigenvalue weighted by atomic mass is 35.5. The van der Waals surface area contributed by atoms with Gasteiger partial charge in [0.1, 0.15) is 6.07 Å². The van der Waals surface area contributed by atoms with E-state index in [1.54, 1.807) is 18.2 Å². The van der Waals surface area contributed by atoms with Crippen LogP contribution < -0.4 is 5.32 Å². The van der Waals surface area contributed by atoms with Crippen LogP contribution in [0, 0.1) is 11.3 Å². The fraction of sp³-hybridized carbons (Fsp3) is 0.417. The average Bonchev–Trinajstić information content (AvgIpc) is 2.24. The Balaban J connectivity index is 2.10. The molecule has 0 aromatic heterocycles. The highest BCUT2D eigenvalue weighted by Gasteiger charge is 2.34. The number of nitrogens with one attached hydrogen (secondary N) is 1. The molecule has 1 aromatic carbocycles. The van der Waals surface area contributed by atoms with Crippen LogP contribution in [0.5, 0.6) is 0 Å². The fourth-order valence-electron chi connectivity index (χ4n) is 1.81. The number of anilines is 1. The maximum absolute atomic E-state index is 9.93. The van der Waals surface area contributed by atoms with Crippen LogP contribution in [0.15, 0.2) is 18.2 Å². The average molecular weight is 237 g/mol. The van der Waals surface area contributed by atoms with Crippen molar-refractivity contribution in [3.63, 3.8) is 0 Å². The first-order valence-electron chi connectivity index (χ1n) is 5.29. The first-order valence-corrected chi connectivity index (χ1v) is 5.67. The summed E-state index contributed by atoms with van der Waals surface area (Å²) in [5, 5.41) is 22.4. The van der Waals surface area contributed by atoms with Crippen molar-refractivity contribution < 1.29 is 5.11 Å². The lowest BCUT2D eigenvalue weighted by Crippen LogP contribution is -2.43. The van der Waals surface area contributed by atoms with Crippen LogP contribution in [0.3, 0.4) is 0 Å². The van der Waals surface area contributed by atoms with E-state index in [1.165, 1.54) is 0 Å². The normalized spacial score (nSPS) is 17.3. The van der Waals surface area contributed by atoms with E-state index in [0.717, 1.165) is 19.3 Å². The lowest BCUT2D eigenvalue weighted by Gasteiger charge is -2.37. The topological polar surface area (TPSA) is 56.0 Å². The Morgan fingerprint density at radius 2 is 2.25 bits per heavy atom. The highest BCUT2D eigenvalue weighted by molar-refractivity contribution is 6.32. The largest absolute Gasteiger partial charge is 0.388 e. The van der Waals surface area contributed by atoms with E-state index in [4.69, 9.17) is 16.9 Å². The lowest BCUT2D eigenvalue weighted by molar-refractivity contribution is -0.0201. The summed E-state index contributed by atoms with van der Waals surface area (Å²) in [7, 11) is 0. The van der Waals surface area contributed by atoms with E-state index in [1.807, 2.05) is 0 Å². The molecule has 0 amide bonds. The zero-order valence-electron chi connectivity index (χ0n) is 8.83.